The van der Waals surface area contributed by atoms with Gasteiger partial charge in [0, 0.05) is 17.7 Å². The molecular weight excluding hydrogens is 334 g/mol. The lowest BCUT2D eigenvalue weighted by molar-refractivity contribution is 0.480. The molecule has 0 radical (unpaired) electrons. The number of hydrogen-bond donors (Lipinski definition) is 1. The minimum absolute atomic E-state index is 0.201. The van der Waals surface area contributed by atoms with E-state index in [1.165, 1.54) is 21.9 Å². The van der Waals surface area contributed by atoms with Gasteiger partial charge in [0.05, 0.1) is 5.75 Å². The normalized spacial score (nSPS) is 13.4. The van der Waals surface area contributed by atoms with Crippen molar-refractivity contribution < 1.29 is 13.0 Å². The molecule has 0 bridgehead atoms. The average Bonchev–Trinajstić information content (AvgIpc) is 2.52. The number of unbranched alkanes of at least 4 members (excludes halogenated alkanes) is 1. The van der Waals surface area contributed by atoms with Crippen molar-refractivity contribution >= 4 is 26.6 Å². The molecule has 0 saturated carbocycles. The molecule has 0 unspecified atom stereocenters. The zero-order valence-electron chi connectivity index (χ0n) is 15.4. The second-order valence-electron chi connectivity index (χ2n) is 7.06. The van der Waals surface area contributed by atoms with E-state index in [4.69, 9.17) is 4.55 Å². The Kier molecular flexibility index (Phi) is 6.01. The van der Waals surface area contributed by atoms with Gasteiger partial charge in [0.2, 0.25) is 0 Å². The molecule has 2 aromatic rings. The van der Waals surface area contributed by atoms with Crippen LogP contribution in [0.5, 0.6) is 0 Å². The molecular formula is C20H27NO3S. The molecule has 0 atom stereocenters. The van der Waals surface area contributed by atoms with Crippen LogP contribution in [0, 0.1) is 6.92 Å². The van der Waals surface area contributed by atoms with Gasteiger partial charge in [0.25, 0.3) is 10.1 Å². The quantitative estimate of drug-likeness (QED) is 0.447. The van der Waals surface area contributed by atoms with E-state index in [-0.39, 0.29) is 11.2 Å². The third-order valence-electron chi connectivity index (χ3n) is 4.83. The first-order chi connectivity index (χ1) is 11.6. The number of aryl methyl sites for hydroxylation is 1. The summed E-state index contributed by atoms with van der Waals surface area (Å²) in [5.41, 5.74) is 3.33. The van der Waals surface area contributed by atoms with E-state index < -0.39 is 10.1 Å². The average molecular weight is 362 g/mol. The van der Waals surface area contributed by atoms with Crippen molar-refractivity contribution in [1.82, 2.24) is 0 Å². The lowest BCUT2D eigenvalue weighted by Crippen LogP contribution is -2.28. The van der Waals surface area contributed by atoms with E-state index >= 15 is 0 Å². The van der Waals surface area contributed by atoms with Crippen molar-refractivity contribution in [2.75, 3.05) is 12.3 Å². The van der Waals surface area contributed by atoms with E-state index in [0.717, 1.165) is 5.71 Å². The van der Waals surface area contributed by atoms with Gasteiger partial charge in [-0.25, -0.2) is 0 Å². The number of fused-ring (bicyclic) bond motifs is 1. The summed E-state index contributed by atoms with van der Waals surface area (Å²) in [6.45, 7) is 9.08. The van der Waals surface area contributed by atoms with Gasteiger partial charge >= 0.3 is 0 Å². The fourth-order valence-electron chi connectivity index (χ4n) is 3.23. The van der Waals surface area contributed by atoms with Crippen molar-refractivity contribution in [2.45, 2.75) is 46.0 Å². The monoisotopic (exact) mass is 361 g/mol. The largest absolute Gasteiger partial charge is 0.294 e. The zero-order chi connectivity index (χ0) is 18.7. The summed E-state index contributed by atoms with van der Waals surface area (Å²) < 4.78 is 30.3. The number of benzene rings is 2. The van der Waals surface area contributed by atoms with Crippen LogP contribution in [0.2, 0.25) is 0 Å². The molecule has 0 aromatic heterocycles. The lowest BCUT2D eigenvalue weighted by Gasteiger charge is -2.29. The van der Waals surface area contributed by atoms with Crippen molar-refractivity contribution in [2.24, 2.45) is 4.99 Å². The van der Waals surface area contributed by atoms with Crippen LogP contribution in [0.4, 0.5) is 0 Å². The molecule has 1 N–H and O–H groups in total. The Morgan fingerprint density at radius 1 is 1.12 bits per heavy atom. The van der Waals surface area contributed by atoms with Crippen molar-refractivity contribution in [3.05, 3.63) is 47.5 Å². The molecule has 0 spiro atoms. The van der Waals surface area contributed by atoms with Crippen LogP contribution in [0.25, 0.3) is 10.8 Å². The summed E-state index contributed by atoms with van der Waals surface area (Å²) in [5, 5.41) is 2.46. The van der Waals surface area contributed by atoms with Gasteiger partial charge in [-0.3, -0.25) is 9.55 Å². The highest BCUT2D eigenvalue weighted by atomic mass is 32.2. The molecule has 0 amide bonds. The second kappa shape index (κ2) is 7.67. The molecule has 2 aromatic carbocycles. The summed E-state index contributed by atoms with van der Waals surface area (Å²) in [4.78, 5) is 4.68. The molecule has 0 saturated heterocycles. The number of aliphatic imine (C=N–C) groups is 1. The first kappa shape index (κ1) is 19.6. The van der Waals surface area contributed by atoms with Crippen molar-refractivity contribution in [3.63, 3.8) is 0 Å². The number of hydrogen-bond acceptors (Lipinski definition) is 3. The highest BCUT2D eigenvalue weighted by Crippen LogP contribution is 2.34. The zero-order valence-corrected chi connectivity index (χ0v) is 16.2. The predicted octanol–water partition coefficient (Wildman–Crippen LogP) is 4.55. The lowest BCUT2D eigenvalue weighted by atomic mass is 9.76. The Bertz CT molecular complexity index is 883. The van der Waals surface area contributed by atoms with Gasteiger partial charge in [0.15, 0.2) is 0 Å². The molecule has 0 aliphatic rings. The third kappa shape index (κ3) is 4.89. The van der Waals surface area contributed by atoms with Crippen LogP contribution >= 0.6 is 0 Å². The SMILES string of the molecule is CC(=NCCCCS(=O)(=O)O)C(C)(C)c1c(C)ccc2ccccc12. The molecule has 136 valence electrons. The van der Waals surface area contributed by atoms with Crippen LogP contribution in [-0.2, 0) is 15.5 Å². The molecule has 0 fully saturated rings. The summed E-state index contributed by atoms with van der Waals surface area (Å²) in [6, 6.07) is 12.7. The minimum atomic E-state index is -3.87. The molecule has 0 heterocycles. The smallest absolute Gasteiger partial charge is 0.264 e. The van der Waals surface area contributed by atoms with Crippen molar-refractivity contribution in [3.8, 4) is 0 Å². The Hall–Kier alpha value is -1.72. The Morgan fingerprint density at radius 2 is 1.80 bits per heavy atom. The highest BCUT2D eigenvalue weighted by Gasteiger charge is 2.27. The van der Waals surface area contributed by atoms with E-state index in [1.807, 2.05) is 13.0 Å². The van der Waals surface area contributed by atoms with E-state index in [1.54, 1.807) is 0 Å². The fraction of sp³-hybridized carbons (Fsp3) is 0.450. The van der Waals surface area contributed by atoms with Crippen LogP contribution in [0.15, 0.2) is 41.4 Å². The highest BCUT2D eigenvalue weighted by molar-refractivity contribution is 7.85. The molecule has 4 nitrogen and oxygen atoms in total. The Morgan fingerprint density at radius 3 is 2.48 bits per heavy atom. The maximum Gasteiger partial charge on any atom is 0.264 e. The van der Waals surface area contributed by atoms with Crippen LogP contribution in [-0.4, -0.2) is 31.0 Å². The van der Waals surface area contributed by atoms with E-state index in [2.05, 4.69) is 56.1 Å². The standard InChI is InChI=1S/C20H27NO3S/c1-15-11-12-17-9-5-6-10-18(17)19(15)20(3,4)16(2)21-13-7-8-14-25(22,23)24/h5-6,9-12H,7-8,13-14H2,1-4H3,(H,22,23,24). The van der Waals surface area contributed by atoms with Crippen molar-refractivity contribution in [1.29, 1.82) is 0 Å². The number of rotatable bonds is 7. The Labute approximate surface area is 150 Å². The van der Waals surface area contributed by atoms with Gasteiger partial charge in [-0.15, -0.1) is 0 Å². The Balaban J connectivity index is 2.23. The molecule has 25 heavy (non-hydrogen) atoms. The van der Waals surface area contributed by atoms with Crippen LogP contribution in [0.3, 0.4) is 0 Å². The maximum atomic E-state index is 10.8. The van der Waals surface area contributed by atoms with Gasteiger partial charge in [0.1, 0.15) is 0 Å². The second-order valence-corrected chi connectivity index (χ2v) is 8.64. The predicted molar refractivity (Wildman–Crippen MR) is 105 cm³/mol. The fourth-order valence-corrected chi connectivity index (χ4v) is 3.80. The maximum absolute atomic E-state index is 10.8. The molecule has 5 heteroatoms. The van der Waals surface area contributed by atoms with Gasteiger partial charge in [-0.1, -0.05) is 50.2 Å². The first-order valence-electron chi connectivity index (χ1n) is 8.58. The topological polar surface area (TPSA) is 66.7 Å². The molecule has 0 aliphatic heterocycles. The van der Waals surface area contributed by atoms with E-state index in [0.29, 0.717) is 19.4 Å². The first-order valence-corrected chi connectivity index (χ1v) is 10.2. The number of nitrogens with zero attached hydrogens (tertiary/aromatic N) is 1. The summed E-state index contributed by atoms with van der Waals surface area (Å²) in [6.07, 6.45) is 1.06. The molecule has 0 aliphatic carbocycles. The van der Waals surface area contributed by atoms with Gasteiger partial charge < -0.3 is 0 Å². The summed E-state index contributed by atoms with van der Waals surface area (Å²) >= 11 is 0. The molecule has 2 rings (SSSR count). The summed E-state index contributed by atoms with van der Waals surface area (Å²) in [7, 11) is -3.87. The van der Waals surface area contributed by atoms with Gasteiger partial charge in [-0.05, 0) is 48.6 Å². The summed E-state index contributed by atoms with van der Waals surface area (Å²) in [5.74, 6) is -0.201. The minimum Gasteiger partial charge on any atom is -0.294 e. The van der Waals surface area contributed by atoms with Crippen LogP contribution in [0.1, 0.15) is 44.7 Å². The third-order valence-corrected chi connectivity index (χ3v) is 5.63. The van der Waals surface area contributed by atoms with E-state index in [9.17, 15) is 8.42 Å². The van der Waals surface area contributed by atoms with Gasteiger partial charge in [-0.2, -0.15) is 8.42 Å². The van der Waals surface area contributed by atoms with Crippen LogP contribution < -0.4 is 0 Å².